The smallest absolute Gasteiger partial charge is 0.199 e. The molecular weight excluding hydrogens is 202 g/mol. The largest absolute Gasteiger partial charge is 0.439 e. The van der Waals surface area contributed by atoms with E-state index in [1.165, 1.54) is 0 Å². The molecule has 2 aromatic rings. The van der Waals surface area contributed by atoms with E-state index in [1.807, 2.05) is 19.1 Å². The molecule has 0 fully saturated rings. The van der Waals surface area contributed by atoms with Crippen LogP contribution in [0.5, 0.6) is 0 Å². The van der Waals surface area contributed by atoms with Crippen molar-refractivity contribution in [3.63, 3.8) is 0 Å². The second-order valence-corrected chi connectivity index (χ2v) is 4.04. The zero-order valence-electron chi connectivity index (χ0n) is 9.95. The van der Waals surface area contributed by atoms with Crippen LogP contribution in [0.4, 0.5) is 0 Å². The first-order chi connectivity index (χ1) is 7.69. The number of likely N-dealkylation sites (N-methyl/N-ethyl adjacent to an activating group) is 1. The Balaban J connectivity index is 2.19. The van der Waals surface area contributed by atoms with Crippen molar-refractivity contribution < 1.29 is 4.42 Å². The van der Waals surface area contributed by atoms with Crippen LogP contribution in [0.15, 0.2) is 16.5 Å². The molecule has 0 saturated carbocycles. The Morgan fingerprint density at radius 1 is 1.38 bits per heavy atom. The summed E-state index contributed by atoms with van der Waals surface area (Å²) in [6.45, 7) is 7.12. The molecule has 0 spiro atoms. The number of oxazole rings is 1. The lowest BCUT2D eigenvalue weighted by molar-refractivity contribution is 0.469. The van der Waals surface area contributed by atoms with E-state index in [2.05, 4.69) is 29.1 Å². The standard InChI is InChI=1S/C12H17N3O/c1-4-13-9(3)7-11-15-12-10(16-11)6-5-8(2)14-12/h5-6,9,13H,4,7H2,1-3H3. The highest BCUT2D eigenvalue weighted by molar-refractivity contribution is 5.67. The van der Waals surface area contributed by atoms with Crippen LogP contribution < -0.4 is 5.32 Å². The van der Waals surface area contributed by atoms with Gasteiger partial charge >= 0.3 is 0 Å². The summed E-state index contributed by atoms with van der Waals surface area (Å²) in [5.41, 5.74) is 2.44. The van der Waals surface area contributed by atoms with Gasteiger partial charge in [0.15, 0.2) is 17.1 Å². The van der Waals surface area contributed by atoms with E-state index < -0.39 is 0 Å². The summed E-state index contributed by atoms with van der Waals surface area (Å²) in [7, 11) is 0. The Morgan fingerprint density at radius 2 is 2.19 bits per heavy atom. The van der Waals surface area contributed by atoms with Crippen molar-refractivity contribution in [2.45, 2.75) is 33.2 Å². The first-order valence-corrected chi connectivity index (χ1v) is 5.65. The molecule has 4 nitrogen and oxygen atoms in total. The SMILES string of the molecule is CCNC(C)Cc1nc2nc(C)ccc2o1. The zero-order valence-corrected chi connectivity index (χ0v) is 9.95. The van der Waals surface area contributed by atoms with Crippen molar-refractivity contribution in [3.05, 3.63) is 23.7 Å². The number of hydrogen-bond donors (Lipinski definition) is 1. The zero-order chi connectivity index (χ0) is 11.5. The fourth-order valence-electron chi connectivity index (χ4n) is 1.73. The Bertz CT molecular complexity index is 478. The molecule has 2 rings (SSSR count). The van der Waals surface area contributed by atoms with Crippen molar-refractivity contribution >= 4 is 11.2 Å². The molecule has 1 atom stereocenters. The van der Waals surface area contributed by atoms with E-state index in [9.17, 15) is 0 Å². The van der Waals surface area contributed by atoms with Crippen LogP contribution in [0.3, 0.4) is 0 Å². The third kappa shape index (κ3) is 2.39. The summed E-state index contributed by atoms with van der Waals surface area (Å²) in [6, 6.07) is 4.23. The number of hydrogen-bond acceptors (Lipinski definition) is 4. The van der Waals surface area contributed by atoms with Crippen molar-refractivity contribution in [2.24, 2.45) is 0 Å². The van der Waals surface area contributed by atoms with Crippen molar-refractivity contribution in [2.75, 3.05) is 6.54 Å². The molecule has 86 valence electrons. The molecule has 0 aromatic carbocycles. The minimum Gasteiger partial charge on any atom is -0.439 e. The summed E-state index contributed by atoms with van der Waals surface area (Å²) >= 11 is 0. The van der Waals surface area contributed by atoms with E-state index in [1.54, 1.807) is 0 Å². The van der Waals surface area contributed by atoms with Gasteiger partial charge in [-0.15, -0.1) is 0 Å². The van der Waals surface area contributed by atoms with Gasteiger partial charge < -0.3 is 9.73 Å². The summed E-state index contributed by atoms with van der Waals surface area (Å²) in [6.07, 6.45) is 0.795. The fourth-order valence-corrected chi connectivity index (χ4v) is 1.73. The predicted molar refractivity (Wildman–Crippen MR) is 63.4 cm³/mol. The molecule has 0 aliphatic carbocycles. The predicted octanol–water partition coefficient (Wildman–Crippen LogP) is 2.07. The molecule has 0 radical (unpaired) electrons. The highest BCUT2D eigenvalue weighted by atomic mass is 16.3. The van der Waals surface area contributed by atoms with Crippen molar-refractivity contribution in [3.8, 4) is 0 Å². The molecule has 0 aliphatic rings. The Kier molecular flexibility index (Phi) is 3.19. The van der Waals surface area contributed by atoms with Crippen molar-refractivity contribution in [1.29, 1.82) is 0 Å². The highest BCUT2D eigenvalue weighted by Gasteiger charge is 2.10. The first-order valence-electron chi connectivity index (χ1n) is 5.65. The number of aromatic nitrogens is 2. The lowest BCUT2D eigenvalue weighted by atomic mass is 10.2. The molecule has 1 unspecified atom stereocenters. The molecule has 1 N–H and O–H groups in total. The van der Waals surface area contributed by atoms with Gasteiger partial charge in [0.1, 0.15) is 0 Å². The quantitative estimate of drug-likeness (QED) is 0.855. The van der Waals surface area contributed by atoms with Gasteiger partial charge in [-0.3, -0.25) is 0 Å². The van der Waals surface area contributed by atoms with Crippen LogP contribution in [0, 0.1) is 6.92 Å². The fraction of sp³-hybridized carbons (Fsp3) is 0.500. The average molecular weight is 219 g/mol. The summed E-state index contributed by atoms with van der Waals surface area (Å²) in [5, 5.41) is 3.33. The maximum absolute atomic E-state index is 5.63. The number of rotatable bonds is 4. The average Bonchev–Trinajstić information content (AvgIpc) is 2.59. The summed E-state index contributed by atoms with van der Waals surface area (Å²) in [5.74, 6) is 0.751. The molecular formula is C12H17N3O. The van der Waals surface area contributed by atoms with Crippen LogP contribution in [-0.4, -0.2) is 22.6 Å². The number of pyridine rings is 1. The van der Waals surface area contributed by atoms with Gasteiger partial charge in [-0.1, -0.05) is 6.92 Å². The van der Waals surface area contributed by atoms with Gasteiger partial charge in [0, 0.05) is 18.2 Å². The minimum atomic E-state index is 0.374. The van der Waals surface area contributed by atoms with Gasteiger partial charge in [0.2, 0.25) is 0 Å². The Hall–Kier alpha value is -1.42. The van der Waals surface area contributed by atoms with Crippen LogP contribution in [0.1, 0.15) is 25.4 Å². The second-order valence-electron chi connectivity index (χ2n) is 4.04. The monoisotopic (exact) mass is 219 g/mol. The topological polar surface area (TPSA) is 51.0 Å². The van der Waals surface area contributed by atoms with Gasteiger partial charge in [0.25, 0.3) is 0 Å². The molecule has 0 amide bonds. The first kappa shape index (κ1) is 11.1. The lowest BCUT2D eigenvalue weighted by Crippen LogP contribution is -2.27. The summed E-state index contributed by atoms with van der Waals surface area (Å²) < 4.78 is 5.63. The lowest BCUT2D eigenvalue weighted by Gasteiger charge is -2.08. The van der Waals surface area contributed by atoms with Gasteiger partial charge in [-0.05, 0) is 32.5 Å². The van der Waals surface area contributed by atoms with Crippen LogP contribution in [0.2, 0.25) is 0 Å². The van der Waals surface area contributed by atoms with Gasteiger partial charge in [-0.2, -0.15) is 4.98 Å². The second kappa shape index (κ2) is 4.61. The molecule has 4 heteroatoms. The van der Waals surface area contributed by atoms with E-state index in [0.29, 0.717) is 11.7 Å². The Morgan fingerprint density at radius 3 is 2.94 bits per heavy atom. The van der Waals surface area contributed by atoms with E-state index >= 15 is 0 Å². The van der Waals surface area contributed by atoms with Crippen LogP contribution >= 0.6 is 0 Å². The van der Waals surface area contributed by atoms with E-state index in [-0.39, 0.29) is 0 Å². The number of nitrogens with zero attached hydrogens (tertiary/aromatic N) is 2. The number of nitrogens with one attached hydrogen (secondary N) is 1. The third-order valence-electron chi connectivity index (χ3n) is 2.47. The number of aryl methyl sites for hydroxylation is 1. The van der Waals surface area contributed by atoms with E-state index in [0.717, 1.165) is 30.1 Å². The maximum atomic E-state index is 5.63. The maximum Gasteiger partial charge on any atom is 0.199 e. The van der Waals surface area contributed by atoms with E-state index in [4.69, 9.17) is 4.42 Å². The third-order valence-corrected chi connectivity index (χ3v) is 2.47. The van der Waals surface area contributed by atoms with Gasteiger partial charge in [0.05, 0.1) is 0 Å². The molecule has 0 saturated heterocycles. The minimum absolute atomic E-state index is 0.374. The van der Waals surface area contributed by atoms with Crippen LogP contribution in [0.25, 0.3) is 11.2 Å². The van der Waals surface area contributed by atoms with Crippen molar-refractivity contribution in [1.82, 2.24) is 15.3 Å². The summed E-state index contributed by atoms with van der Waals surface area (Å²) in [4.78, 5) is 8.70. The number of fused-ring (bicyclic) bond motifs is 1. The molecule has 16 heavy (non-hydrogen) atoms. The molecule has 0 bridgehead atoms. The molecule has 2 heterocycles. The molecule has 0 aliphatic heterocycles. The normalized spacial score (nSPS) is 13.2. The Labute approximate surface area is 95.1 Å². The highest BCUT2D eigenvalue weighted by Crippen LogP contribution is 2.14. The van der Waals surface area contributed by atoms with Crippen LogP contribution in [-0.2, 0) is 6.42 Å². The van der Waals surface area contributed by atoms with Gasteiger partial charge in [-0.25, -0.2) is 4.98 Å². The molecule has 2 aromatic heterocycles.